The van der Waals surface area contributed by atoms with Crippen molar-refractivity contribution in [2.75, 3.05) is 38.3 Å². The first-order valence-corrected chi connectivity index (χ1v) is 6.59. The van der Waals surface area contributed by atoms with E-state index in [-0.39, 0.29) is 5.91 Å². The third kappa shape index (κ3) is 2.71. The van der Waals surface area contributed by atoms with Crippen LogP contribution in [0.1, 0.15) is 0 Å². The van der Waals surface area contributed by atoms with Gasteiger partial charge in [-0.05, 0) is 26.2 Å². The summed E-state index contributed by atoms with van der Waals surface area (Å²) in [6, 6.07) is 3.68. The normalized spacial score (nSPS) is 11.1. The molecular weight excluding hydrogens is 278 g/mol. The zero-order valence-corrected chi connectivity index (χ0v) is 12.7. The van der Waals surface area contributed by atoms with Crippen LogP contribution in [0.2, 0.25) is 5.02 Å². The molecule has 0 saturated carbocycles. The molecule has 0 bridgehead atoms. The molecule has 0 aliphatic heterocycles. The molecule has 1 amide bonds. The van der Waals surface area contributed by atoms with E-state index in [1.54, 1.807) is 15.6 Å². The highest BCUT2D eigenvalue weighted by Gasteiger charge is 2.17. The van der Waals surface area contributed by atoms with E-state index in [9.17, 15) is 4.79 Å². The Morgan fingerprint density at radius 3 is 2.75 bits per heavy atom. The van der Waals surface area contributed by atoms with Crippen molar-refractivity contribution in [3.63, 3.8) is 0 Å². The van der Waals surface area contributed by atoms with Crippen LogP contribution in [0.4, 0.5) is 11.5 Å². The molecule has 0 atom stereocenters. The van der Waals surface area contributed by atoms with Crippen molar-refractivity contribution in [3.8, 4) is 0 Å². The minimum atomic E-state index is -0.124. The van der Waals surface area contributed by atoms with Gasteiger partial charge in [0.15, 0.2) is 5.82 Å². The van der Waals surface area contributed by atoms with Gasteiger partial charge in [-0.25, -0.2) is 0 Å². The lowest BCUT2D eigenvalue weighted by atomic mass is 10.2. The molecule has 7 heteroatoms. The van der Waals surface area contributed by atoms with E-state index < -0.39 is 0 Å². The maximum absolute atomic E-state index is 11.9. The molecule has 0 radical (unpaired) electrons. The number of nitrogens with one attached hydrogen (secondary N) is 2. The summed E-state index contributed by atoms with van der Waals surface area (Å²) in [5.41, 5.74) is 1.77. The lowest BCUT2D eigenvalue weighted by molar-refractivity contribution is -0.116. The van der Waals surface area contributed by atoms with Crippen LogP contribution in [0.5, 0.6) is 0 Å². The molecule has 2 rings (SSSR count). The van der Waals surface area contributed by atoms with Crippen molar-refractivity contribution in [2.24, 2.45) is 7.05 Å². The number of nitrogens with zero attached hydrogens (tertiary/aromatic N) is 3. The van der Waals surface area contributed by atoms with Gasteiger partial charge in [-0.3, -0.25) is 9.48 Å². The van der Waals surface area contributed by atoms with Crippen LogP contribution in [0.15, 0.2) is 12.1 Å². The Morgan fingerprint density at radius 2 is 2.15 bits per heavy atom. The molecule has 0 spiro atoms. The Morgan fingerprint density at radius 1 is 1.45 bits per heavy atom. The van der Waals surface area contributed by atoms with Crippen molar-refractivity contribution in [2.45, 2.75) is 0 Å². The van der Waals surface area contributed by atoms with Gasteiger partial charge in [0.25, 0.3) is 0 Å². The highest BCUT2D eigenvalue weighted by atomic mass is 35.5. The fourth-order valence-electron chi connectivity index (χ4n) is 2.13. The number of benzene rings is 1. The number of hydrogen-bond donors (Lipinski definition) is 2. The zero-order valence-electron chi connectivity index (χ0n) is 12.0. The van der Waals surface area contributed by atoms with E-state index >= 15 is 0 Å². The molecule has 0 aliphatic rings. The fraction of sp³-hybridized carbons (Fsp3) is 0.385. The largest absolute Gasteiger partial charge is 0.386 e. The van der Waals surface area contributed by atoms with Crippen molar-refractivity contribution in [3.05, 3.63) is 17.2 Å². The Kier molecular flexibility index (Phi) is 4.15. The summed E-state index contributed by atoms with van der Waals surface area (Å²) in [6.07, 6.45) is 0. The van der Waals surface area contributed by atoms with Crippen LogP contribution >= 0.6 is 11.6 Å². The topological polar surface area (TPSA) is 62.2 Å². The molecule has 2 aromatic rings. The number of hydrogen-bond acceptors (Lipinski definition) is 4. The van der Waals surface area contributed by atoms with Crippen molar-refractivity contribution in [1.82, 2.24) is 14.7 Å². The predicted octanol–water partition coefficient (Wildman–Crippen LogP) is 1.77. The monoisotopic (exact) mass is 295 g/mol. The summed E-state index contributed by atoms with van der Waals surface area (Å²) in [6.45, 7) is 0.293. The second-order valence-electron chi connectivity index (χ2n) is 4.83. The first kappa shape index (κ1) is 14.6. The second kappa shape index (κ2) is 5.68. The van der Waals surface area contributed by atoms with E-state index in [0.29, 0.717) is 17.4 Å². The molecule has 1 heterocycles. The molecule has 1 aromatic carbocycles. The summed E-state index contributed by atoms with van der Waals surface area (Å²) < 4.78 is 1.71. The molecule has 0 aliphatic carbocycles. The summed E-state index contributed by atoms with van der Waals surface area (Å²) in [4.78, 5) is 13.7. The van der Waals surface area contributed by atoms with Crippen LogP contribution in [0, 0.1) is 0 Å². The minimum absolute atomic E-state index is 0.124. The van der Waals surface area contributed by atoms with Crippen LogP contribution in [0.25, 0.3) is 10.9 Å². The van der Waals surface area contributed by atoms with Crippen LogP contribution < -0.4 is 10.6 Å². The van der Waals surface area contributed by atoms with Gasteiger partial charge >= 0.3 is 0 Å². The molecule has 0 saturated heterocycles. The highest BCUT2D eigenvalue weighted by molar-refractivity contribution is 6.37. The molecule has 0 fully saturated rings. The summed E-state index contributed by atoms with van der Waals surface area (Å²) in [5.74, 6) is 0.359. The van der Waals surface area contributed by atoms with E-state index in [2.05, 4.69) is 15.7 Å². The van der Waals surface area contributed by atoms with Crippen molar-refractivity contribution in [1.29, 1.82) is 0 Å². The van der Waals surface area contributed by atoms with Gasteiger partial charge in [-0.15, -0.1) is 0 Å². The standard InChI is InChI=1S/C13H18ClN5O/c1-15-9-6-5-8(14)11-12(9)19(4)17-13(11)16-10(20)7-18(2)3/h5-6,15H,7H2,1-4H3,(H,16,17,20). The number of likely N-dealkylation sites (N-methyl/N-ethyl adjacent to an activating group) is 1. The van der Waals surface area contributed by atoms with E-state index in [1.807, 2.05) is 34.3 Å². The molecule has 108 valence electrons. The SMILES string of the molecule is CNc1ccc(Cl)c2c(NC(=O)CN(C)C)nn(C)c12. The maximum Gasteiger partial charge on any atom is 0.239 e. The van der Waals surface area contributed by atoms with Gasteiger partial charge in [0.1, 0.15) is 0 Å². The number of aromatic nitrogens is 2. The first-order valence-electron chi connectivity index (χ1n) is 6.21. The Hall–Kier alpha value is -1.79. The van der Waals surface area contributed by atoms with E-state index in [4.69, 9.17) is 11.6 Å². The number of carbonyl (C=O) groups excluding carboxylic acids is 1. The van der Waals surface area contributed by atoms with Crippen molar-refractivity contribution >= 4 is 39.9 Å². The fourth-order valence-corrected chi connectivity index (χ4v) is 2.37. The molecule has 1 aromatic heterocycles. The number of anilines is 2. The van der Waals surface area contributed by atoms with Gasteiger partial charge in [-0.2, -0.15) is 5.10 Å². The Labute approximate surface area is 122 Å². The number of rotatable bonds is 4. The number of halogens is 1. The predicted molar refractivity (Wildman–Crippen MR) is 82.5 cm³/mol. The third-order valence-electron chi connectivity index (χ3n) is 2.92. The first-order chi connectivity index (χ1) is 9.43. The second-order valence-corrected chi connectivity index (χ2v) is 5.23. The third-order valence-corrected chi connectivity index (χ3v) is 3.24. The summed E-state index contributed by atoms with van der Waals surface area (Å²) in [7, 11) is 7.32. The van der Waals surface area contributed by atoms with Gasteiger partial charge in [0.2, 0.25) is 5.91 Å². The molecule has 6 nitrogen and oxygen atoms in total. The van der Waals surface area contributed by atoms with Gasteiger partial charge in [0, 0.05) is 14.1 Å². The molecule has 0 unspecified atom stereocenters. The van der Waals surface area contributed by atoms with Crippen LogP contribution in [-0.4, -0.2) is 48.3 Å². The number of aryl methyl sites for hydroxylation is 1. The lowest BCUT2D eigenvalue weighted by Crippen LogP contribution is -2.27. The average Bonchev–Trinajstić information content (AvgIpc) is 2.67. The van der Waals surface area contributed by atoms with Gasteiger partial charge in [-0.1, -0.05) is 11.6 Å². The van der Waals surface area contributed by atoms with E-state index in [0.717, 1.165) is 16.6 Å². The molecular formula is C13H18ClN5O. The van der Waals surface area contributed by atoms with Crippen molar-refractivity contribution < 1.29 is 4.79 Å². The quantitative estimate of drug-likeness (QED) is 0.902. The highest BCUT2D eigenvalue weighted by Crippen LogP contribution is 2.34. The summed E-state index contributed by atoms with van der Waals surface area (Å²) in [5, 5.41) is 11.6. The average molecular weight is 296 g/mol. The minimum Gasteiger partial charge on any atom is -0.386 e. The number of carbonyl (C=O) groups is 1. The zero-order chi connectivity index (χ0) is 14.9. The van der Waals surface area contributed by atoms with Crippen LogP contribution in [-0.2, 0) is 11.8 Å². The lowest BCUT2D eigenvalue weighted by Gasteiger charge is -2.09. The van der Waals surface area contributed by atoms with E-state index in [1.165, 1.54) is 0 Å². The summed E-state index contributed by atoms with van der Waals surface area (Å²) >= 11 is 6.25. The molecule has 20 heavy (non-hydrogen) atoms. The Balaban J connectivity index is 2.47. The van der Waals surface area contributed by atoms with Gasteiger partial charge < -0.3 is 15.5 Å². The number of amides is 1. The smallest absolute Gasteiger partial charge is 0.239 e. The van der Waals surface area contributed by atoms with Crippen LogP contribution in [0.3, 0.4) is 0 Å². The molecule has 2 N–H and O–H groups in total. The Bertz CT molecular complexity index is 650. The number of fused-ring (bicyclic) bond motifs is 1. The van der Waals surface area contributed by atoms with Gasteiger partial charge in [0.05, 0.1) is 28.2 Å². The maximum atomic E-state index is 11.9.